The Morgan fingerprint density at radius 2 is 1.48 bits per heavy atom. The molecule has 1 heterocycles. The number of hydrogen-bond acceptors (Lipinski definition) is 3. The molecular weight excluding hydrogens is 335 g/mol. The lowest BCUT2D eigenvalue weighted by Crippen LogP contribution is -3.00. The Hall–Kier alpha value is -2.61. The van der Waals surface area contributed by atoms with Gasteiger partial charge in [-0.1, -0.05) is 6.07 Å². The summed E-state index contributed by atoms with van der Waals surface area (Å²) in [6.45, 7) is 0. The van der Waals surface area contributed by atoms with Gasteiger partial charge in [-0.3, -0.25) is 25.4 Å². The van der Waals surface area contributed by atoms with Crippen molar-refractivity contribution in [2.45, 2.75) is 6.18 Å². The lowest BCUT2D eigenvalue weighted by Gasteiger charge is -2.10. The Morgan fingerprint density at radius 3 is 2.04 bits per heavy atom. The molecule has 9 heteroatoms. The molecule has 23 heavy (non-hydrogen) atoms. The maximum Gasteiger partial charge on any atom is 0.416 e. The van der Waals surface area contributed by atoms with E-state index in [0.29, 0.717) is 6.07 Å². The van der Waals surface area contributed by atoms with Crippen LogP contribution in [-0.4, -0.2) is 16.8 Å². The molecule has 1 aromatic heterocycles. The number of alkyl halides is 3. The maximum atomic E-state index is 12.6. The first-order chi connectivity index (χ1) is 10.4. The van der Waals surface area contributed by atoms with E-state index >= 15 is 0 Å². The van der Waals surface area contributed by atoms with Gasteiger partial charge in [0, 0.05) is 23.5 Å². The van der Waals surface area contributed by atoms with Crippen molar-refractivity contribution in [3.8, 4) is 0 Å². The van der Waals surface area contributed by atoms with E-state index in [4.69, 9.17) is 0 Å². The summed E-state index contributed by atoms with van der Waals surface area (Å²) in [4.78, 5) is 27.2. The number of carbonyl (C=O) groups is 2. The van der Waals surface area contributed by atoms with Gasteiger partial charge >= 0.3 is 6.18 Å². The van der Waals surface area contributed by atoms with Crippen LogP contribution in [0.5, 0.6) is 0 Å². The molecule has 2 amide bonds. The minimum Gasteiger partial charge on any atom is -1.00 e. The third-order valence-electron chi connectivity index (χ3n) is 2.68. The highest BCUT2D eigenvalue weighted by Gasteiger charge is 2.30. The molecule has 0 aliphatic heterocycles. The smallest absolute Gasteiger partial charge is 0.416 e. The van der Waals surface area contributed by atoms with Crippen molar-refractivity contribution < 1.29 is 35.2 Å². The minimum absolute atomic E-state index is 0. The Bertz CT molecular complexity index is 693. The van der Waals surface area contributed by atoms with Crippen LogP contribution in [0, 0.1) is 0 Å². The van der Waals surface area contributed by atoms with Crippen molar-refractivity contribution in [3.63, 3.8) is 0 Å². The lowest BCUT2D eigenvalue weighted by atomic mass is 10.1. The molecular formula is C14H10ClF3N3O2-. The molecule has 2 aromatic rings. The van der Waals surface area contributed by atoms with Crippen molar-refractivity contribution in [2.75, 3.05) is 0 Å². The Labute approximate surface area is 135 Å². The molecule has 122 valence electrons. The van der Waals surface area contributed by atoms with Gasteiger partial charge in [-0.2, -0.15) is 13.2 Å². The third kappa shape index (κ3) is 4.96. The van der Waals surface area contributed by atoms with Gasteiger partial charge in [-0.15, -0.1) is 0 Å². The average Bonchev–Trinajstić information content (AvgIpc) is 2.52. The molecule has 0 unspecified atom stereocenters. The van der Waals surface area contributed by atoms with Crippen LogP contribution < -0.4 is 23.3 Å². The second kappa shape index (κ2) is 7.59. The van der Waals surface area contributed by atoms with E-state index in [0.717, 1.165) is 12.1 Å². The van der Waals surface area contributed by atoms with Crippen molar-refractivity contribution in [1.82, 2.24) is 15.8 Å². The second-order valence-electron chi connectivity index (χ2n) is 4.22. The maximum absolute atomic E-state index is 12.6. The Morgan fingerprint density at radius 1 is 0.913 bits per heavy atom. The monoisotopic (exact) mass is 344 g/mol. The van der Waals surface area contributed by atoms with Crippen LogP contribution in [0.3, 0.4) is 0 Å². The summed E-state index contributed by atoms with van der Waals surface area (Å²) < 4.78 is 37.7. The summed E-state index contributed by atoms with van der Waals surface area (Å²) in [5.74, 6) is -1.46. The largest absolute Gasteiger partial charge is 1.00 e. The molecule has 5 nitrogen and oxygen atoms in total. The number of halogens is 4. The van der Waals surface area contributed by atoms with Crippen LogP contribution in [0.25, 0.3) is 0 Å². The van der Waals surface area contributed by atoms with Crippen LogP contribution >= 0.6 is 0 Å². The quantitative estimate of drug-likeness (QED) is 0.699. The first-order valence-corrected chi connectivity index (χ1v) is 6.06. The highest BCUT2D eigenvalue weighted by molar-refractivity contribution is 5.99. The molecule has 0 spiro atoms. The zero-order chi connectivity index (χ0) is 16.2. The number of hydrogen-bond donors (Lipinski definition) is 2. The van der Waals surface area contributed by atoms with Crippen molar-refractivity contribution in [2.24, 2.45) is 0 Å². The predicted octanol–water partition coefficient (Wildman–Crippen LogP) is -0.821. The van der Waals surface area contributed by atoms with E-state index in [9.17, 15) is 22.8 Å². The molecule has 0 fully saturated rings. The fraction of sp³-hybridized carbons (Fsp3) is 0.0714. The molecule has 2 N–H and O–H groups in total. The average molecular weight is 345 g/mol. The van der Waals surface area contributed by atoms with Crippen molar-refractivity contribution in [3.05, 3.63) is 65.5 Å². The van der Waals surface area contributed by atoms with E-state index in [1.54, 1.807) is 0 Å². The normalized spacial score (nSPS) is 10.4. The molecule has 0 aliphatic carbocycles. The summed E-state index contributed by atoms with van der Waals surface area (Å²) in [6.07, 6.45) is -1.76. The highest BCUT2D eigenvalue weighted by atomic mass is 35.5. The molecule has 1 aromatic carbocycles. The SMILES string of the molecule is O=C(NNC(=O)c1cccc(C(F)(F)F)c1)c1ccncc1.[Cl-]. The van der Waals surface area contributed by atoms with E-state index in [1.165, 1.54) is 30.6 Å². The van der Waals surface area contributed by atoms with Crippen LogP contribution in [0.2, 0.25) is 0 Å². The number of amides is 2. The third-order valence-corrected chi connectivity index (χ3v) is 2.68. The van der Waals surface area contributed by atoms with Crippen LogP contribution in [0.1, 0.15) is 26.3 Å². The fourth-order valence-corrected chi connectivity index (χ4v) is 1.60. The van der Waals surface area contributed by atoms with E-state index in [1.807, 2.05) is 5.43 Å². The number of pyridine rings is 1. The number of nitrogens with zero attached hydrogens (tertiary/aromatic N) is 1. The standard InChI is InChI=1S/C14H10F3N3O2.ClH/c15-14(16,17)11-3-1-2-10(8-11)13(22)20-19-12(21)9-4-6-18-7-5-9;/h1-8H,(H,19,21)(H,20,22);1H/p-1. The number of carbonyl (C=O) groups excluding carboxylic acids is 2. The minimum atomic E-state index is -4.55. The number of hydrazine groups is 1. The van der Waals surface area contributed by atoms with Gasteiger partial charge in [-0.25, -0.2) is 0 Å². The zero-order valence-corrected chi connectivity index (χ0v) is 12.2. The van der Waals surface area contributed by atoms with Gasteiger partial charge < -0.3 is 12.4 Å². The van der Waals surface area contributed by atoms with Crippen LogP contribution in [0.15, 0.2) is 48.8 Å². The molecule has 0 saturated carbocycles. The number of benzene rings is 1. The van der Waals surface area contributed by atoms with Gasteiger partial charge in [0.2, 0.25) is 0 Å². The van der Waals surface area contributed by atoms with Crippen LogP contribution in [-0.2, 0) is 6.18 Å². The van der Waals surface area contributed by atoms with Crippen molar-refractivity contribution >= 4 is 11.8 Å². The van der Waals surface area contributed by atoms with Gasteiger partial charge in [0.25, 0.3) is 11.8 Å². The molecule has 2 rings (SSSR count). The van der Waals surface area contributed by atoms with Gasteiger partial charge in [0.15, 0.2) is 0 Å². The summed E-state index contributed by atoms with van der Waals surface area (Å²) >= 11 is 0. The molecule has 0 bridgehead atoms. The van der Waals surface area contributed by atoms with Crippen molar-refractivity contribution in [1.29, 1.82) is 0 Å². The van der Waals surface area contributed by atoms with E-state index in [2.05, 4.69) is 10.4 Å². The predicted molar refractivity (Wildman–Crippen MR) is 70.6 cm³/mol. The first kappa shape index (κ1) is 18.4. The second-order valence-corrected chi connectivity index (χ2v) is 4.22. The number of nitrogens with one attached hydrogen (secondary N) is 2. The van der Waals surface area contributed by atoms with Gasteiger partial charge in [-0.05, 0) is 30.3 Å². The lowest BCUT2D eigenvalue weighted by molar-refractivity contribution is -0.137. The highest BCUT2D eigenvalue weighted by Crippen LogP contribution is 2.29. The zero-order valence-electron chi connectivity index (χ0n) is 11.4. The Balaban J connectivity index is 0.00000264. The summed E-state index contributed by atoms with van der Waals surface area (Å²) in [7, 11) is 0. The van der Waals surface area contributed by atoms with Gasteiger partial charge in [0.05, 0.1) is 5.56 Å². The van der Waals surface area contributed by atoms with Gasteiger partial charge in [0.1, 0.15) is 0 Å². The molecule has 0 atom stereocenters. The van der Waals surface area contributed by atoms with E-state index < -0.39 is 23.6 Å². The number of rotatable bonds is 2. The fourth-order valence-electron chi connectivity index (χ4n) is 1.60. The molecule has 0 saturated heterocycles. The van der Waals surface area contributed by atoms with E-state index in [-0.39, 0.29) is 23.5 Å². The summed E-state index contributed by atoms with van der Waals surface area (Å²) in [5, 5.41) is 0. The molecule has 0 radical (unpaired) electrons. The summed E-state index contributed by atoms with van der Waals surface area (Å²) in [5.41, 5.74) is 3.25. The number of aromatic nitrogens is 1. The summed E-state index contributed by atoms with van der Waals surface area (Å²) in [6, 6.07) is 6.73. The Kier molecular flexibility index (Phi) is 6.09. The molecule has 0 aliphatic rings. The first-order valence-electron chi connectivity index (χ1n) is 6.06. The van der Waals surface area contributed by atoms with Crippen LogP contribution in [0.4, 0.5) is 13.2 Å². The topological polar surface area (TPSA) is 71.1 Å².